The van der Waals surface area contributed by atoms with Crippen LogP contribution in [0.3, 0.4) is 0 Å². The molecule has 45 heavy (non-hydrogen) atoms. The number of halogens is 6. The van der Waals surface area contributed by atoms with Crippen molar-refractivity contribution in [2.45, 2.75) is 142 Å². The Morgan fingerprint density at radius 1 is 0.689 bits per heavy atom. The van der Waals surface area contributed by atoms with E-state index in [0.29, 0.717) is 17.8 Å². The zero-order valence-corrected chi connectivity index (χ0v) is 31.9. The first kappa shape index (κ1) is 42.1. The second kappa shape index (κ2) is 17.0. The Kier molecular flexibility index (Phi) is 15.9. The molecule has 0 N–H and O–H groups in total. The van der Waals surface area contributed by atoms with Crippen LogP contribution in [-0.4, -0.2) is 11.3 Å². The maximum atomic E-state index is 9.87. The number of hydrogen-bond donors (Lipinski definition) is 0. The molecule has 10 heteroatoms. The molecular weight excluding hydrogens is 807 g/mol. The van der Waals surface area contributed by atoms with Crippen molar-refractivity contribution in [3.05, 3.63) is 53.1 Å². The van der Waals surface area contributed by atoms with Crippen molar-refractivity contribution in [2.75, 3.05) is 0 Å². The van der Waals surface area contributed by atoms with Gasteiger partial charge >= 0.3 is 55.4 Å². The van der Waals surface area contributed by atoms with Crippen molar-refractivity contribution in [1.82, 2.24) is 0 Å². The van der Waals surface area contributed by atoms with Crippen molar-refractivity contribution in [1.29, 1.82) is 5.26 Å². The summed E-state index contributed by atoms with van der Waals surface area (Å²) in [6.07, 6.45) is 14.7. The number of nitriles is 1. The molecule has 2 fully saturated rings. The van der Waals surface area contributed by atoms with Crippen LogP contribution in [0.15, 0.2) is 36.4 Å². The maximum Gasteiger partial charge on any atom is 1.00 e. The van der Waals surface area contributed by atoms with Gasteiger partial charge in [-0.15, -0.1) is 0 Å². The molecule has 0 unspecified atom stereocenters. The van der Waals surface area contributed by atoms with Crippen LogP contribution in [0.25, 0.3) is 11.1 Å². The van der Waals surface area contributed by atoms with Crippen molar-refractivity contribution >= 4 is 21.0 Å². The molecule has 2 aliphatic rings. The molecular formula is C35H53AuF6NP2+. The fraction of sp³-hybridized carbons (Fsp3) is 0.629. The summed E-state index contributed by atoms with van der Waals surface area (Å²) in [7, 11) is -11.3. The standard InChI is InChI=1S/C33H49P.C2H3N.Au.F6P/c1-23(2)26-21-30(24(3)4)33(31(22-26)25(5)6)29-19-13-14-20-32(29)34(27-15-9-7-10-16-27)28-17-11-8-12-18-28;1-2-3;;1-7(2,3,4,5)6/h13-14,19-25,27-28H,7-12,15-18H2,1-6H3;1H3;;/q;;+1;-1/p+1. The topological polar surface area (TPSA) is 23.8 Å². The third-order valence-electron chi connectivity index (χ3n) is 8.73. The summed E-state index contributed by atoms with van der Waals surface area (Å²) in [6, 6.07) is 16.6. The van der Waals surface area contributed by atoms with E-state index in [1.54, 1.807) is 33.6 Å². The fourth-order valence-electron chi connectivity index (χ4n) is 6.82. The quantitative estimate of drug-likeness (QED) is 0.155. The van der Waals surface area contributed by atoms with Gasteiger partial charge in [-0.3, -0.25) is 0 Å². The van der Waals surface area contributed by atoms with Crippen LogP contribution >= 0.6 is 15.7 Å². The van der Waals surface area contributed by atoms with Crippen molar-refractivity contribution < 1.29 is 47.6 Å². The summed E-state index contributed by atoms with van der Waals surface area (Å²) in [5, 5.41) is 9.10. The smallest absolute Gasteiger partial charge is 1.00 e. The zero-order chi connectivity index (χ0) is 33.4. The predicted octanol–water partition coefficient (Wildman–Crippen LogP) is 14.1. The molecule has 2 aliphatic carbocycles. The Labute approximate surface area is 284 Å². The average Bonchev–Trinajstić information content (AvgIpc) is 2.92. The van der Waals surface area contributed by atoms with Crippen molar-refractivity contribution in [3.63, 3.8) is 0 Å². The summed E-state index contributed by atoms with van der Waals surface area (Å²) in [6.45, 7) is 15.8. The first-order valence-corrected chi connectivity index (χ1v) is 19.9. The first-order chi connectivity index (χ1) is 20.2. The molecule has 0 spiro atoms. The Hall–Kier alpha value is -0.890. The van der Waals surface area contributed by atoms with Gasteiger partial charge < -0.3 is 0 Å². The van der Waals surface area contributed by atoms with E-state index in [-0.39, 0.29) is 22.4 Å². The molecule has 1 nitrogen and oxygen atoms in total. The molecule has 4 rings (SSSR count). The Morgan fingerprint density at radius 2 is 1.04 bits per heavy atom. The molecule has 2 aromatic carbocycles. The number of benzene rings is 2. The van der Waals surface area contributed by atoms with Crippen LogP contribution in [0.2, 0.25) is 0 Å². The second-order valence-electron chi connectivity index (χ2n) is 13.4. The number of rotatable bonds is 7. The van der Waals surface area contributed by atoms with E-state index in [0.717, 1.165) is 11.3 Å². The van der Waals surface area contributed by atoms with Crippen LogP contribution in [0.4, 0.5) is 25.2 Å². The number of nitrogens with zero attached hydrogens (tertiary/aromatic N) is 1. The summed E-state index contributed by atoms with van der Waals surface area (Å²) >= 11 is 0. The monoisotopic (exact) mass is 860 g/mol. The van der Waals surface area contributed by atoms with Gasteiger partial charge in [0, 0.05) is 20.4 Å². The van der Waals surface area contributed by atoms with Gasteiger partial charge in [0.1, 0.15) is 0 Å². The molecule has 0 saturated heterocycles. The van der Waals surface area contributed by atoms with Crippen molar-refractivity contribution in [3.8, 4) is 17.2 Å². The molecule has 0 heterocycles. The van der Waals surface area contributed by atoms with E-state index in [1.165, 1.54) is 76.7 Å². The third-order valence-corrected chi connectivity index (χ3v) is 12.7. The normalized spacial score (nSPS) is 17.8. The average molecular weight is 861 g/mol. The van der Waals surface area contributed by atoms with Gasteiger partial charge in [0.25, 0.3) is 0 Å². The van der Waals surface area contributed by atoms with Gasteiger partial charge in [-0.05, 0) is 97.4 Å². The summed E-state index contributed by atoms with van der Waals surface area (Å²) in [4.78, 5) is 0. The minimum absolute atomic E-state index is 0. The Balaban J connectivity index is 0.000000803. The fourth-order valence-corrected chi connectivity index (χ4v) is 11.2. The SMILES string of the molecule is CC#N.CC(C)c1cc(C(C)C)c(-c2ccccc2[PH+](C2CCCCC2)C2CCCCC2)c(C(C)C)c1.F[P-](F)(F)(F)(F)F.[Au+]. The molecule has 0 aromatic heterocycles. The van der Waals surface area contributed by atoms with Gasteiger partial charge in [0.15, 0.2) is 0 Å². The van der Waals surface area contributed by atoms with E-state index < -0.39 is 15.7 Å². The van der Waals surface area contributed by atoms with Crippen LogP contribution in [-0.2, 0) is 22.4 Å². The van der Waals surface area contributed by atoms with Gasteiger partial charge in [0.05, 0.1) is 22.7 Å². The van der Waals surface area contributed by atoms with Crippen LogP contribution in [0, 0.1) is 11.3 Å². The Morgan fingerprint density at radius 3 is 1.38 bits per heavy atom. The molecule has 260 valence electrons. The first-order valence-electron chi connectivity index (χ1n) is 16.3. The second-order valence-corrected chi connectivity index (χ2v) is 18.4. The predicted molar refractivity (Wildman–Crippen MR) is 181 cm³/mol. The van der Waals surface area contributed by atoms with E-state index in [1.807, 2.05) is 0 Å². The summed E-state index contributed by atoms with van der Waals surface area (Å²) in [5.74, 6) is 1.65. The zero-order valence-electron chi connectivity index (χ0n) is 27.9. The molecule has 0 amide bonds. The third kappa shape index (κ3) is 14.8. The van der Waals surface area contributed by atoms with Crippen LogP contribution in [0.5, 0.6) is 0 Å². The van der Waals surface area contributed by atoms with Gasteiger partial charge in [-0.1, -0.05) is 84.7 Å². The largest absolute Gasteiger partial charge is 1.00 e. The molecule has 2 aromatic rings. The molecule has 0 atom stereocenters. The minimum atomic E-state index is -10.7. The molecule has 0 bridgehead atoms. The molecule has 2 saturated carbocycles. The van der Waals surface area contributed by atoms with E-state index in [2.05, 4.69) is 77.9 Å². The van der Waals surface area contributed by atoms with Gasteiger partial charge in [-0.25, -0.2) is 0 Å². The Bertz CT molecular complexity index is 1190. The molecule has 0 aliphatic heterocycles. The van der Waals surface area contributed by atoms with Crippen molar-refractivity contribution in [2.24, 2.45) is 0 Å². The summed E-state index contributed by atoms with van der Waals surface area (Å²) < 4.78 is 59.2. The van der Waals surface area contributed by atoms with E-state index in [4.69, 9.17) is 5.26 Å². The minimum Gasteiger partial charge on any atom is 1.00 e. The van der Waals surface area contributed by atoms with Crippen LogP contribution in [0.1, 0.15) is 147 Å². The van der Waals surface area contributed by atoms with Gasteiger partial charge in [-0.2, -0.15) is 5.26 Å². The van der Waals surface area contributed by atoms with Gasteiger partial charge in [0.2, 0.25) is 0 Å². The number of hydrogen-bond acceptors (Lipinski definition) is 1. The molecule has 0 radical (unpaired) electrons. The van der Waals surface area contributed by atoms with E-state index in [9.17, 15) is 25.2 Å². The maximum absolute atomic E-state index is 10.7. The van der Waals surface area contributed by atoms with E-state index >= 15 is 0 Å². The van der Waals surface area contributed by atoms with Crippen LogP contribution < -0.4 is 5.30 Å². The summed E-state index contributed by atoms with van der Waals surface area (Å²) in [5.41, 5.74) is 9.82.